The molecular weight excluding hydrogens is 260 g/mol. The van der Waals surface area contributed by atoms with Crippen molar-refractivity contribution in [1.29, 1.82) is 0 Å². The number of hydrogen-bond acceptors (Lipinski definition) is 2. The Bertz CT molecular complexity index is 438. The highest BCUT2D eigenvalue weighted by Gasteiger charge is 2.31. The molecule has 0 heterocycles. The molecule has 2 rings (SSSR count). The second-order valence-electron chi connectivity index (χ2n) is 6.88. The molecule has 0 N–H and O–H groups in total. The molecule has 1 aromatic carbocycles. The van der Waals surface area contributed by atoms with Crippen molar-refractivity contribution in [2.24, 2.45) is 17.8 Å². The van der Waals surface area contributed by atoms with Gasteiger partial charge in [-0.1, -0.05) is 57.5 Å². The lowest BCUT2D eigenvalue weighted by Crippen LogP contribution is -2.35. The summed E-state index contributed by atoms with van der Waals surface area (Å²) < 4.78 is 6.01. The van der Waals surface area contributed by atoms with Crippen molar-refractivity contribution in [3.63, 3.8) is 0 Å². The van der Waals surface area contributed by atoms with Crippen molar-refractivity contribution in [3.8, 4) is 0 Å². The normalized spacial score (nSPS) is 26.0. The van der Waals surface area contributed by atoms with Crippen LogP contribution in [0.3, 0.4) is 0 Å². The van der Waals surface area contributed by atoms with Gasteiger partial charge in [-0.05, 0) is 36.2 Å². The van der Waals surface area contributed by atoms with Gasteiger partial charge in [0.2, 0.25) is 0 Å². The maximum absolute atomic E-state index is 12.1. The van der Waals surface area contributed by atoms with E-state index in [-0.39, 0.29) is 18.5 Å². The average Bonchev–Trinajstić information content (AvgIpc) is 2.46. The van der Waals surface area contributed by atoms with Crippen molar-refractivity contribution < 1.29 is 9.53 Å². The molecule has 1 aromatic rings. The second kappa shape index (κ2) is 7.74. The van der Waals surface area contributed by atoms with Gasteiger partial charge in [-0.3, -0.25) is 4.79 Å². The van der Waals surface area contributed by atoms with E-state index in [0.29, 0.717) is 24.2 Å². The molecule has 0 spiro atoms. The van der Waals surface area contributed by atoms with Crippen LogP contribution in [0.4, 0.5) is 0 Å². The first-order valence-corrected chi connectivity index (χ1v) is 8.23. The predicted molar refractivity (Wildman–Crippen MR) is 86.2 cm³/mol. The quantitative estimate of drug-likeness (QED) is 0.781. The van der Waals surface area contributed by atoms with Gasteiger partial charge in [0.25, 0.3) is 0 Å². The van der Waals surface area contributed by atoms with E-state index in [9.17, 15) is 4.79 Å². The van der Waals surface area contributed by atoms with Gasteiger partial charge in [0, 0.05) is 6.42 Å². The molecule has 0 aliphatic heterocycles. The third kappa shape index (κ3) is 4.96. The highest BCUT2D eigenvalue weighted by atomic mass is 16.5. The third-order valence-electron chi connectivity index (χ3n) is 4.66. The van der Waals surface area contributed by atoms with Gasteiger partial charge in [0.15, 0.2) is 5.78 Å². The Balaban J connectivity index is 1.84. The summed E-state index contributed by atoms with van der Waals surface area (Å²) in [5.74, 6) is 2.13. The van der Waals surface area contributed by atoms with Crippen molar-refractivity contribution in [3.05, 3.63) is 35.9 Å². The molecule has 0 aromatic heterocycles. The lowest BCUT2D eigenvalue weighted by molar-refractivity contribution is -0.128. The van der Waals surface area contributed by atoms with E-state index in [1.165, 1.54) is 12.8 Å². The van der Waals surface area contributed by atoms with Crippen molar-refractivity contribution in [1.82, 2.24) is 0 Å². The fourth-order valence-electron chi connectivity index (χ4n) is 3.38. The number of hydrogen-bond donors (Lipinski definition) is 0. The van der Waals surface area contributed by atoms with Crippen LogP contribution < -0.4 is 0 Å². The van der Waals surface area contributed by atoms with Gasteiger partial charge in [-0.2, -0.15) is 0 Å². The van der Waals surface area contributed by atoms with Crippen LogP contribution in [-0.2, 0) is 16.0 Å². The van der Waals surface area contributed by atoms with Crippen LogP contribution in [0, 0.1) is 17.8 Å². The first-order chi connectivity index (χ1) is 10.1. The topological polar surface area (TPSA) is 26.3 Å². The lowest BCUT2D eigenvalue weighted by Gasteiger charge is -2.37. The Morgan fingerprint density at radius 1 is 1.24 bits per heavy atom. The summed E-state index contributed by atoms with van der Waals surface area (Å²) in [5.41, 5.74) is 1.07. The van der Waals surface area contributed by atoms with E-state index in [1.54, 1.807) is 0 Å². The molecule has 1 aliphatic carbocycles. The molecule has 116 valence electrons. The Morgan fingerprint density at radius 3 is 2.62 bits per heavy atom. The molecule has 1 fully saturated rings. The average molecular weight is 288 g/mol. The Kier molecular flexibility index (Phi) is 5.98. The van der Waals surface area contributed by atoms with Crippen LogP contribution in [0.5, 0.6) is 0 Å². The van der Waals surface area contributed by atoms with E-state index in [0.717, 1.165) is 12.0 Å². The van der Waals surface area contributed by atoms with Gasteiger partial charge in [0.1, 0.15) is 6.61 Å². The van der Waals surface area contributed by atoms with Gasteiger partial charge in [-0.25, -0.2) is 0 Å². The number of benzene rings is 1. The van der Waals surface area contributed by atoms with Gasteiger partial charge in [-0.15, -0.1) is 0 Å². The molecule has 3 atom stereocenters. The molecule has 0 radical (unpaired) electrons. The van der Waals surface area contributed by atoms with Crippen LogP contribution in [0.25, 0.3) is 0 Å². The Labute approximate surface area is 128 Å². The summed E-state index contributed by atoms with van der Waals surface area (Å²) >= 11 is 0. The molecular formula is C19H28O2. The van der Waals surface area contributed by atoms with Crippen LogP contribution in [0.1, 0.15) is 45.6 Å². The summed E-state index contributed by atoms with van der Waals surface area (Å²) in [6.07, 6.45) is 4.36. The Morgan fingerprint density at radius 2 is 1.95 bits per heavy atom. The fourth-order valence-corrected chi connectivity index (χ4v) is 3.38. The molecule has 3 unspecified atom stereocenters. The molecule has 21 heavy (non-hydrogen) atoms. The Hall–Kier alpha value is -1.15. The lowest BCUT2D eigenvalue weighted by atomic mass is 9.75. The molecule has 2 heteroatoms. The molecule has 2 nitrogen and oxygen atoms in total. The number of ketones is 1. The summed E-state index contributed by atoms with van der Waals surface area (Å²) in [5, 5.41) is 0. The fraction of sp³-hybridized carbons (Fsp3) is 0.632. The number of ether oxygens (including phenoxy) is 1. The maximum Gasteiger partial charge on any atom is 0.162 e. The van der Waals surface area contributed by atoms with Gasteiger partial charge >= 0.3 is 0 Å². The van der Waals surface area contributed by atoms with E-state index in [2.05, 4.69) is 20.8 Å². The zero-order valence-corrected chi connectivity index (χ0v) is 13.5. The zero-order chi connectivity index (χ0) is 15.2. The predicted octanol–water partition coefficient (Wildman–Crippen LogP) is 4.28. The van der Waals surface area contributed by atoms with E-state index < -0.39 is 0 Å². The minimum absolute atomic E-state index is 0.182. The minimum Gasteiger partial charge on any atom is -0.370 e. The minimum atomic E-state index is 0.182. The first kappa shape index (κ1) is 16.2. The monoisotopic (exact) mass is 288 g/mol. The second-order valence-corrected chi connectivity index (χ2v) is 6.88. The summed E-state index contributed by atoms with van der Waals surface area (Å²) in [6, 6.07) is 9.91. The SMILES string of the molecule is CC1CCC(C(C)C)C(OCC(=O)Cc2ccccc2)C1. The number of carbonyl (C=O) groups excluding carboxylic acids is 1. The van der Waals surface area contributed by atoms with Gasteiger partial charge < -0.3 is 4.74 Å². The standard InChI is InChI=1S/C19H28O2/c1-14(2)18-10-9-15(3)11-19(18)21-13-17(20)12-16-7-5-4-6-8-16/h4-8,14-15,18-19H,9-13H2,1-3H3. The number of rotatable bonds is 6. The van der Waals surface area contributed by atoms with E-state index >= 15 is 0 Å². The largest absolute Gasteiger partial charge is 0.370 e. The summed E-state index contributed by atoms with van der Waals surface area (Å²) in [6.45, 7) is 7.08. The van der Waals surface area contributed by atoms with Crippen LogP contribution in [0.15, 0.2) is 30.3 Å². The molecule has 0 saturated heterocycles. The number of Topliss-reactive ketones (excluding diaryl/α,β-unsaturated/α-hetero) is 1. The first-order valence-electron chi connectivity index (χ1n) is 8.23. The highest BCUT2D eigenvalue weighted by Crippen LogP contribution is 2.35. The summed E-state index contributed by atoms with van der Waals surface area (Å²) in [4.78, 5) is 12.1. The molecule has 0 bridgehead atoms. The van der Waals surface area contributed by atoms with Gasteiger partial charge in [0.05, 0.1) is 6.10 Å². The highest BCUT2D eigenvalue weighted by molar-refractivity contribution is 5.82. The maximum atomic E-state index is 12.1. The molecule has 1 saturated carbocycles. The van der Waals surface area contributed by atoms with Crippen molar-refractivity contribution >= 4 is 5.78 Å². The van der Waals surface area contributed by atoms with Crippen LogP contribution in [-0.4, -0.2) is 18.5 Å². The smallest absolute Gasteiger partial charge is 0.162 e. The molecule has 1 aliphatic rings. The van der Waals surface area contributed by atoms with Crippen molar-refractivity contribution in [2.75, 3.05) is 6.61 Å². The third-order valence-corrected chi connectivity index (χ3v) is 4.66. The summed E-state index contributed by atoms with van der Waals surface area (Å²) in [7, 11) is 0. The van der Waals surface area contributed by atoms with Crippen LogP contribution >= 0.6 is 0 Å². The number of carbonyl (C=O) groups is 1. The zero-order valence-electron chi connectivity index (χ0n) is 13.5. The molecule has 0 amide bonds. The van der Waals surface area contributed by atoms with E-state index in [4.69, 9.17) is 4.74 Å². The van der Waals surface area contributed by atoms with Crippen LogP contribution in [0.2, 0.25) is 0 Å². The van der Waals surface area contributed by atoms with E-state index in [1.807, 2.05) is 30.3 Å². The van der Waals surface area contributed by atoms with Crippen molar-refractivity contribution in [2.45, 2.75) is 52.6 Å².